The summed E-state index contributed by atoms with van der Waals surface area (Å²) < 4.78 is 5.37. The second-order valence-corrected chi connectivity index (χ2v) is 10.1. The van der Waals surface area contributed by atoms with Gasteiger partial charge in [0.1, 0.15) is 17.7 Å². The lowest BCUT2D eigenvalue weighted by Gasteiger charge is -2.38. The molecule has 0 fully saturated rings. The van der Waals surface area contributed by atoms with Crippen LogP contribution in [0, 0.1) is 5.92 Å². The number of carbonyl (C=O) groups excluding carboxylic acids is 3. The van der Waals surface area contributed by atoms with Crippen LogP contribution in [-0.4, -0.2) is 46.5 Å². The molecule has 0 bridgehead atoms. The summed E-state index contributed by atoms with van der Waals surface area (Å²) in [6.07, 6.45) is 1.03. The lowest BCUT2D eigenvalue weighted by Crippen LogP contribution is -2.57. The summed E-state index contributed by atoms with van der Waals surface area (Å²) in [4.78, 5) is 41.2. The van der Waals surface area contributed by atoms with Crippen molar-refractivity contribution in [1.82, 2.24) is 15.5 Å². The van der Waals surface area contributed by atoms with Crippen LogP contribution in [0.1, 0.15) is 79.5 Å². The topological polar surface area (TPSA) is 87.7 Å². The van der Waals surface area contributed by atoms with Gasteiger partial charge < -0.3 is 20.3 Å². The number of rotatable bonds is 9. The van der Waals surface area contributed by atoms with Crippen molar-refractivity contribution in [1.29, 1.82) is 0 Å². The first-order chi connectivity index (χ1) is 15.2. The maximum Gasteiger partial charge on any atom is 0.408 e. The van der Waals surface area contributed by atoms with Crippen molar-refractivity contribution in [2.24, 2.45) is 5.92 Å². The summed E-state index contributed by atoms with van der Waals surface area (Å²) >= 11 is 0. The number of nitrogens with zero attached hydrogens (tertiary/aromatic N) is 1. The molecule has 2 atom stereocenters. The number of nitrogens with one attached hydrogen (secondary N) is 2. The predicted octanol–water partition coefficient (Wildman–Crippen LogP) is 4.68. The number of alkyl carbamates (subject to hydrolysis) is 1. The molecule has 0 saturated heterocycles. The normalized spacial score (nSPS) is 13.5. The van der Waals surface area contributed by atoms with Gasteiger partial charge in [0.25, 0.3) is 0 Å². The number of benzene rings is 1. The summed E-state index contributed by atoms with van der Waals surface area (Å²) in [6, 6.07) is 5.25. The van der Waals surface area contributed by atoms with E-state index in [4.69, 9.17) is 4.74 Å². The quantitative estimate of drug-likeness (QED) is 0.561. The van der Waals surface area contributed by atoms with Crippen molar-refractivity contribution in [3.63, 3.8) is 0 Å². The van der Waals surface area contributed by atoms with E-state index < -0.39 is 23.8 Å². The third-order valence-corrected chi connectivity index (χ3v) is 4.84. The van der Waals surface area contributed by atoms with E-state index in [1.54, 1.807) is 31.7 Å². The van der Waals surface area contributed by atoms with E-state index in [2.05, 4.69) is 17.2 Å². The largest absolute Gasteiger partial charge is 0.444 e. The molecule has 1 rings (SSSR count). The first-order valence-electron chi connectivity index (χ1n) is 11.5. The van der Waals surface area contributed by atoms with E-state index in [1.807, 2.05) is 65.8 Å². The van der Waals surface area contributed by atoms with Gasteiger partial charge in [-0.25, -0.2) is 4.79 Å². The Hall–Kier alpha value is -2.83. The number of ether oxygens (including phenoxy) is 1. The average Bonchev–Trinajstić information content (AvgIpc) is 2.67. The molecule has 0 spiro atoms. The fourth-order valence-electron chi connectivity index (χ4n) is 3.45. The van der Waals surface area contributed by atoms with E-state index in [9.17, 15) is 14.4 Å². The molecule has 3 amide bonds. The van der Waals surface area contributed by atoms with Gasteiger partial charge in [0.15, 0.2) is 0 Å². The third kappa shape index (κ3) is 8.56. The molecule has 7 heteroatoms. The van der Waals surface area contributed by atoms with Gasteiger partial charge in [-0.3, -0.25) is 9.59 Å². The zero-order valence-electron chi connectivity index (χ0n) is 21.6. The lowest BCUT2D eigenvalue weighted by molar-refractivity contribution is -0.145. The van der Waals surface area contributed by atoms with E-state index in [1.165, 1.54) is 0 Å². The van der Waals surface area contributed by atoms with Crippen LogP contribution in [0.25, 0.3) is 6.08 Å². The minimum Gasteiger partial charge on any atom is -0.444 e. The average molecular weight is 460 g/mol. The van der Waals surface area contributed by atoms with Crippen LogP contribution in [-0.2, 0) is 14.3 Å². The third-order valence-electron chi connectivity index (χ3n) is 4.84. The van der Waals surface area contributed by atoms with Crippen molar-refractivity contribution in [2.75, 3.05) is 0 Å². The SMILES string of the molecule is C=Cc1cccc(C(C(=O)NC(C)C)N(C(=O)C(NC(=O)OC(C)(C)C)C(C)C)C(C)C)c1. The van der Waals surface area contributed by atoms with Gasteiger partial charge in [0.05, 0.1) is 0 Å². The second kappa shape index (κ2) is 11.9. The maximum atomic E-state index is 13.8. The van der Waals surface area contributed by atoms with Gasteiger partial charge in [-0.05, 0) is 71.6 Å². The molecule has 2 unspecified atom stereocenters. The van der Waals surface area contributed by atoms with Crippen LogP contribution < -0.4 is 10.6 Å². The van der Waals surface area contributed by atoms with E-state index >= 15 is 0 Å². The van der Waals surface area contributed by atoms with Gasteiger partial charge in [-0.15, -0.1) is 0 Å². The van der Waals surface area contributed by atoms with Crippen molar-refractivity contribution in [2.45, 2.75) is 92.1 Å². The molecule has 0 radical (unpaired) electrons. The monoisotopic (exact) mass is 459 g/mol. The molecule has 0 aliphatic rings. The van der Waals surface area contributed by atoms with Crippen LogP contribution >= 0.6 is 0 Å². The standard InChI is InChI=1S/C26H41N3O4/c1-11-19-13-12-14-20(15-19)22(23(30)27-17(4)5)29(18(6)7)24(31)21(16(2)3)28-25(32)33-26(8,9)10/h11-18,21-22H,1H2,2-10H3,(H,27,30)(H,28,32). The van der Waals surface area contributed by atoms with E-state index in [0.29, 0.717) is 5.56 Å². The number of amides is 3. The number of hydrogen-bond donors (Lipinski definition) is 2. The van der Waals surface area contributed by atoms with E-state index in [0.717, 1.165) is 5.56 Å². The Kier molecular flexibility index (Phi) is 10.1. The van der Waals surface area contributed by atoms with Gasteiger partial charge in [0.2, 0.25) is 11.8 Å². The van der Waals surface area contributed by atoms with Gasteiger partial charge in [0, 0.05) is 12.1 Å². The fraction of sp³-hybridized carbons (Fsp3) is 0.577. The van der Waals surface area contributed by atoms with Crippen LogP contribution in [0.2, 0.25) is 0 Å². The molecule has 0 aromatic heterocycles. The van der Waals surface area contributed by atoms with Crippen molar-refractivity contribution < 1.29 is 19.1 Å². The van der Waals surface area contributed by atoms with Crippen LogP contribution in [0.4, 0.5) is 4.79 Å². The second-order valence-electron chi connectivity index (χ2n) is 10.1. The van der Waals surface area contributed by atoms with Gasteiger partial charge in [-0.2, -0.15) is 0 Å². The van der Waals surface area contributed by atoms with Crippen molar-refractivity contribution in [3.8, 4) is 0 Å². The molecule has 0 aliphatic heterocycles. The van der Waals surface area contributed by atoms with Gasteiger partial charge >= 0.3 is 6.09 Å². The highest BCUT2D eigenvalue weighted by molar-refractivity contribution is 5.92. The Labute approximate surface area is 198 Å². The summed E-state index contributed by atoms with van der Waals surface area (Å²) in [5, 5.41) is 5.65. The minimum absolute atomic E-state index is 0.104. The molecule has 0 saturated carbocycles. The number of carbonyl (C=O) groups is 3. The zero-order chi connectivity index (χ0) is 25.5. The number of hydrogen-bond acceptors (Lipinski definition) is 4. The first-order valence-corrected chi connectivity index (χ1v) is 11.5. The highest BCUT2D eigenvalue weighted by Crippen LogP contribution is 2.27. The molecule has 33 heavy (non-hydrogen) atoms. The highest BCUT2D eigenvalue weighted by Gasteiger charge is 2.39. The van der Waals surface area contributed by atoms with Crippen molar-refractivity contribution in [3.05, 3.63) is 42.0 Å². The molecular formula is C26H41N3O4. The Morgan fingerprint density at radius 1 is 1.03 bits per heavy atom. The molecule has 2 N–H and O–H groups in total. The summed E-state index contributed by atoms with van der Waals surface area (Å²) in [7, 11) is 0. The summed E-state index contributed by atoms with van der Waals surface area (Å²) in [5.41, 5.74) is 0.822. The smallest absolute Gasteiger partial charge is 0.408 e. The fourth-order valence-corrected chi connectivity index (χ4v) is 3.45. The van der Waals surface area contributed by atoms with E-state index in [-0.39, 0.29) is 29.8 Å². The maximum absolute atomic E-state index is 13.8. The van der Waals surface area contributed by atoms with Crippen LogP contribution in [0.15, 0.2) is 30.8 Å². The lowest BCUT2D eigenvalue weighted by atomic mass is 9.96. The van der Waals surface area contributed by atoms with Crippen LogP contribution in [0.5, 0.6) is 0 Å². The molecule has 0 heterocycles. The molecule has 7 nitrogen and oxygen atoms in total. The molecule has 0 aliphatic carbocycles. The molecular weight excluding hydrogens is 418 g/mol. The summed E-state index contributed by atoms with van der Waals surface area (Å²) in [5.74, 6) is -0.855. The first kappa shape index (κ1) is 28.2. The molecule has 184 valence electrons. The Morgan fingerprint density at radius 3 is 2.09 bits per heavy atom. The van der Waals surface area contributed by atoms with Gasteiger partial charge in [-0.1, -0.05) is 44.7 Å². The Morgan fingerprint density at radius 2 is 1.64 bits per heavy atom. The predicted molar refractivity (Wildman–Crippen MR) is 133 cm³/mol. The molecule has 1 aromatic carbocycles. The van der Waals surface area contributed by atoms with Crippen molar-refractivity contribution >= 4 is 24.0 Å². The Bertz CT molecular complexity index is 840. The highest BCUT2D eigenvalue weighted by atomic mass is 16.6. The zero-order valence-corrected chi connectivity index (χ0v) is 21.6. The molecule has 1 aromatic rings. The Balaban J connectivity index is 3.47. The summed E-state index contributed by atoms with van der Waals surface area (Å²) in [6.45, 7) is 20.2. The minimum atomic E-state index is -0.874. The van der Waals surface area contributed by atoms with Crippen LogP contribution in [0.3, 0.4) is 0 Å².